The molecule has 1 saturated carbocycles. The van der Waals surface area contributed by atoms with E-state index in [1.54, 1.807) is 0 Å². The van der Waals surface area contributed by atoms with Gasteiger partial charge in [-0.15, -0.1) is 0 Å². The van der Waals surface area contributed by atoms with Crippen LogP contribution in [0.15, 0.2) is 6.07 Å². The smallest absolute Gasteiger partial charge is 0.311 e. The van der Waals surface area contributed by atoms with Crippen LogP contribution in [0.4, 0.5) is 17.6 Å². The van der Waals surface area contributed by atoms with Crippen LogP contribution >= 0.6 is 0 Å². The number of carbonyl (C=O) groups is 2. The first kappa shape index (κ1) is 15.8. The van der Waals surface area contributed by atoms with E-state index in [4.69, 9.17) is 0 Å². The first-order valence-corrected chi connectivity index (χ1v) is 7.13. The number of fused-ring (bicyclic) bond motifs is 1. The van der Waals surface area contributed by atoms with Crippen molar-refractivity contribution < 1.29 is 32.3 Å². The van der Waals surface area contributed by atoms with Gasteiger partial charge in [-0.1, -0.05) is 6.42 Å². The van der Waals surface area contributed by atoms with Gasteiger partial charge in [0.25, 0.3) is 5.91 Å². The van der Waals surface area contributed by atoms with Gasteiger partial charge in [-0.2, -0.15) is 0 Å². The van der Waals surface area contributed by atoms with Gasteiger partial charge in [-0.05, 0) is 18.8 Å². The second kappa shape index (κ2) is 5.21. The van der Waals surface area contributed by atoms with Crippen LogP contribution in [0.2, 0.25) is 0 Å². The molecule has 0 spiro atoms. The van der Waals surface area contributed by atoms with Crippen LogP contribution in [-0.2, 0) is 4.79 Å². The van der Waals surface area contributed by atoms with Crippen molar-refractivity contribution in [3.8, 4) is 0 Å². The lowest BCUT2D eigenvalue weighted by Gasteiger charge is -2.23. The van der Waals surface area contributed by atoms with E-state index in [2.05, 4.69) is 0 Å². The molecule has 1 aliphatic heterocycles. The highest BCUT2D eigenvalue weighted by atomic mass is 19.2. The molecule has 0 unspecified atom stereocenters. The van der Waals surface area contributed by atoms with E-state index in [1.165, 1.54) is 0 Å². The average Bonchev–Trinajstić information content (AvgIpc) is 3.03. The Balaban J connectivity index is 1.96. The molecule has 1 aromatic carbocycles. The monoisotopic (exact) mass is 331 g/mol. The molecule has 0 bridgehead atoms. The lowest BCUT2D eigenvalue weighted by molar-refractivity contribution is -0.149. The Labute approximate surface area is 128 Å². The number of nitrogens with zero attached hydrogens (tertiary/aromatic N) is 1. The maximum atomic E-state index is 13.7. The van der Waals surface area contributed by atoms with Gasteiger partial charge in [-0.25, -0.2) is 17.6 Å². The van der Waals surface area contributed by atoms with E-state index >= 15 is 0 Å². The van der Waals surface area contributed by atoms with Gasteiger partial charge in [0.2, 0.25) is 0 Å². The van der Waals surface area contributed by atoms with E-state index in [-0.39, 0.29) is 25.1 Å². The summed E-state index contributed by atoms with van der Waals surface area (Å²) in [6, 6.07) is 0.0267. The molecule has 2 fully saturated rings. The van der Waals surface area contributed by atoms with Gasteiger partial charge in [0.05, 0.1) is 5.41 Å². The van der Waals surface area contributed by atoms with Crippen molar-refractivity contribution in [2.75, 3.05) is 13.1 Å². The van der Waals surface area contributed by atoms with Crippen molar-refractivity contribution in [2.24, 2.45) is 11.3 Å². The Hall–Kier alpha value is -2.12. The van der Waals surface area contributed by atoms with Gasteiger partial charge in [0.15, 0.2) is 23.3 Å². The Kier molecular flexibility index (Phi) is 3.57. The summed E-state index contributed by atoms with van der Waals surface area (Å²) in [5.41, 5.74) is -2.46. The van der Waals surface area contributed by atoms with E-state index in [0.717, 1.165) is 4.90 Å². The van der Waals surface area contributed by atoms with Crippen LogP contribution in [0, 0.1) is 34.6 Å². The number of carboxylic acids is 1. The minimum absolute atomic E-state index is 0.00213. The lowest BCUT2D eigenvalue weighted by Crippen LogP contribution is -2.37. The number of likely N-dealkylation sites (tertiary alicyclic amines) is 1. The molecular formula is C15H13F4NO3. The SMILES string of the molecule is O=C(c1c(F)c(F)cc(F)c1F)N1C[C@@H]2CCC[C@@]2(C(=O)O)C1. The van der Waals surface area contributed by atoms with E-state index in [0.29, 0.717) is 19.3 Å². The Morgan fingerprint density at radius 2 is 1.78 bits per heavy atom. The van der Waals surface area contributed by atoms with Crippen molar-refractivity contribution in [3.05, 3.63) is 34.9 Å². The second-order valence-electron chi connectivity index (χ2n) is 6.08. The number of carboxylic acid groups (broad SMARTS) is 1. The fraction of sp³-hybridized carbons (Fsp3) is 0.467. The molecule has 8 heteroatoms. The third-order valence-corrected chi connectivity index (χ3v) is 4.91. The quantitative estimate of drug-likeness (QED) is 0.669. The predicted octanol–water partition coefficient (Wildman–Crippen LogP) is 2.57. The van der Waals surface area contributed by atoms with Crippen molar-refractivity contribution in [2.45, 2.75) is 19.3 Å². The normalized spacial score (nSPS) is 26.4. The molecule has 3 rings (SSSR count). The number of halogens is 4. The molecule has 0 aromatic heterocycles. The van der Waals surface area contributed by atoms with Crippen molar-refractivity contribution in [1.29, 1.82) is 0 Å². The van der Waals surface area contributed by atoms with Crippen LogP contribution < -0.4 is 0 Å². The fourth-order valence-electron chi connectivity index (χ4n) is 3.71. The summed E-state index contributed by atoms with van der Waals surface area (Å²) in [7, 11) is 0. The number of benzene rings is 1. The van der Waals surface area contributed by atoms with Crippen LogP contribution in [-0.4, -0.2) is 35.0 Å². The largest absolute Gasteiger partial charge is 0.481 e. The summed E-state index contributed by atoms with van der Waals surface area (Å²) in [5, 5.41) is 9.44. The van der Waals surface area contributed by atoms with E-state index < -0.39 is 46.1 Å². The number of aliphatic carboxylic acids is 1. The minimum Gasteiger partial charge on any atom is -0.481 e. The Bertz CT molecular complexity index is 682. The maximum Gasteiger partial charge on any atom is 0.311 e. The molecule has 23 heavy (non-hydrogen) atoms. The molecule has 1 heterocycles. The van der Waals surface area contributed by atoms with Crippen LogP contribution in [0.5, 0.6) is 0 Å². The number of rotatable bonds is 2. The summed E-state index contributed by atoms with van der Waals surface area (Å²) >= 11 is 0. The first-order valence-electron chi connectivity index (χ1n) is 7.13. The number of carbonyl (C=O) groups excluding carboxylic acids is 1. The zero-order chi connectivity index (χ0) is 16.9. The Morgan fingerprint density at radius 3 is 2.30 bits per heavy atom. The summed E-state index contributed by atoms with van der Waals surface area (Å²) in [5.74, 6) is -9.49. The van der Waals surface area contributed by atoms with Gasteiger partial charge in [0.1, 0.15) is 5.56 Å². The maximum absolute atomic E-state index is 13.7. The number of hydrogen-bond acceptors (Lipinski definition) is 2. The summed E-state index contributed by atoms with van der Waals surface area (Å²) in [6.07, 6.45) is 1.63. The summed E-state index contributed by atoms with van der Waals surface area (Å²) < 4.78 is 54.0. The number of hydrogen-bond donors (Lipinski definition) is 1. The van der Waals surface area contributed by atoms with Crippen LogP contribution in [0.25, 0.3) is 0 Å². The van der Waals surface area contributed by atoms with Gasteiger partial charge < -0.3 is 10.0 Å². The topological polar surface area (TPSA) is 57.6 Å². The Morgan fingerprint density at radius 1 is 1.17 bits per heavy atom. The van der Waals surface area contributed by atoms with Gasteiger partial charge >= 0.3 is 5.97 Å². The molecule has 2 atom stereocenters. The standard InChI is InChI=1S/C15H13F4NO3/c16-8-4-9(17)12(19)10(11(8)18)13(21)20-5-7-2-1-3-15(7,6-20)14(22)23/h4,7H,1-3,5-6H2,(H,22,23)/t7-,15+/m0/s1. The average molecular weight is 331 g/mol. The van der Waals surface area contributed by atoms with Gasteiger partial charge in [0, 0.05) is 19.2 Å². The predicted molar refractivity (Wildman–Crippen MR) is 69.6 cm³/mol. The highest BCUT2D eigenvalue weighted by molar-refractivity contribution is 5.95. The number of amides is 1. The van der Waals surface area contributed by atoms with Crippen LogP contribution in [0.1, 0.15) is 29.6 Å². The first-order chi connectivity index (χ1) is 10.8. The zero-order valence-corrected chi connectivity index (χ0v) is 11.9. The molecule has 1 amide bonds. The lowest BCUT2D eigenvalue weighted by atomic mass is 9.81. The molecule has 2 aliphatic rings. The molecular weight excluding hydrogens is 318 g/mol. The zero-order valence-electron chi connectivity index (χ0n) is 11.9. The molecule has 0 radical (unpaired) electrons. The highest BCUT2D eigenvalue weighted by Gasteiger charge is 2.56. The highest BCUT2D eigenvalue weighted by Crippen LogP contribution is 2.49. The minimum atomic E-state index is -1.77. The molecule has 1 aromatic rings. The fourth-order valence-corrected chi connectivity index (χ4v) is 3.71. The van der Waals surface area contributed by atoms with Crippen molar-refractivity contribution >= 4 is 11.9 Å². The second-order valence-corrected chi connectivity index (χ2v) is 6.08. The van der Waals surface area contributed by atoms with Gasteiger partial charge in [-0.3, -0.25) is 9.59 Å². The third kappa shape index (κ3) is 2.19. The van der Waals surface area contributed by atoms with Crippen LogP contribution in [0.3, 0.4) is 0 Å². The van der Waals surface area contributed by atoms with Crippen molar-refractivity contribution in [3.63, 3.8) is 0 Å². The third-order valence-electron chi connectivity index (χ3n) is 4.91. The molecule has 1 saturated heterocycles. The molecule has 1 N–H and O–H groups in total. The van der Waals surface area contributed by atoms with Crippen molar-refractivity contribution in [1.82, 2.24) is 4.90 Å². The summed E-state index contributed by atoms with van der Waals surface area (Å²) in [6.45, 7) is -0.217. The van der Waals surface area contributed by atoms with E-state index in [1.807, 2.05) is 0 Å². The molecule has 1 aliphatic carbocycles. The summed E-state index contributed by atoms with van der Waals surface area (Å²) in [4.78, 5) is 24.8. The molecule has 124 valence electrons. The molecule has 4 nitrogen and oxygen atoms in total. The van der Waals surface area contributed by atoms with E-state index in [9.17, 15) is 32.3 Å².